The number of nitrogens with zero attached hydrogens (tertiary/aromatic N) is 4. The minimum atomic E-state index is -4.60. The van der Waals surface area contributed by atoms with Gasteiger partial charge in [0, 0.05) is 23.5 Å². The van der Waals surface area contributed by atoms with E-state index in [0.717, 1.165) is 22.1 Å². The van der Waals surface area contributed by atoms with Gasteiger partial charge in [-0.05, 0) is 48.0 Å². The highest BCUT2D eigenvalue weighted by atomic mass is 19.4. The maximum absolute atomic E-state index is 13.7. The molecule has 0 aliphatic carbocycles. The van der Waals surface area contributed by atoms with Crippen LogP contribution in [0, 0.1) is 0 Å². The summed E-state index contributed by atoms with van der Waals surface area (Å²) in [6, 6.07) is 8.66. The van der Waals surface area contributed by atoms with Crippen molar-refractivity contribution in [3.8, 4) is 28.1 Å². The van der Waals surface area contributed by atoms with Crippen LogP contribution < -0.4 is 4.74 Å². The van der Waals surface area contributed by atoms with E-state index in [1.165, 1.54) is 4.68 Å². The van der Waals surface area contributed by atoms with Crippen LogP contribution in [0.3, 0.4) is 0 Å². The third kappa shape index (κ3) is 3.78. The first-order valence-electron chi connectivity index (χ1n) is 9.47. The largest absolute Gasteiger partial charge is 0.497 e. The Labute approximate surface area is 176 Å². The van der Waals surface area contributed by atoms with Crippen LogP contribution in [-0.4, -0.2) is 44.9 Å². The molecular formula is C22H19F3N4O2. The van der Waals surface area contributed by atoms with E-state index in [0.29, 0.717) is 22.7 Å². The van der Waals surface area contributed by atoms with Gasteiger partial charge in [0.25, 0.3) is 0 Å². The third-order valence-corrected chi connectivity index (χ3v) is 5.27. The molecule has 0 N–H and O–H groups in total. The Morgan fingerprint density at radius 1 is 1.16 bits per heavy atom. The van der Waals surface area contributed by atoms with E-state index in [4.69, 9.17) is 4.74 Å². The molecule has 0 spiro atoms. The molecule has 9 heteroatoms. The lowest BCUT2D eigenvalue weighted by atomic mass is 9.98. The fourth-order valence-corrected chi connectivity index (χ4v) is 3.74. The van der Waals surface area contributed by atoms with Crippen molar-refractivity contribution in [3.05, 3.63) is 67.1 Å². The number of hydrogen-bond donors (Lipinski definition) is 0. The lowest BCUT2D eigenvalue weighted by Crippen LogP contribution is -2.53. The molecule has 0 saturated carbocycles. The lowest BCUT2D eigenvalue weighted by molar-refractivity contribution is -0.196. The SMILES string of the molecule is C=CC(=O)N1Cc2c(-c3ccncc3)c(-c3ccc(OC)cc3)nn2CC1C(F)(F)F. The highest BCUT2D eigenvalue weighted by Gasteiger charge is 2.48. The second-order valence-electron chi connectivity index (χ2n) is 7.04. The monoisotopic (exact) mass is 428 g/mol. The summed E-state index contributed by atoms with van der Waals surface area (Å²) in [5.41, 5.74) is 3.18. The summed E-state index contributed by atoms with van der Waals surface area (Å²) in [7, 11) is 1.55. The Bertz CT molecular complexity index is 1110. The number of alkyl halides is 3. The Kier molecular flexibility index (Phi) is 5.26. The van der Waals surface area contributed by atoms with E-state index < -0.39 is 24.7 Å². The number of carbonyl (C=O) groups is 1. The molecule has 4 rings (SSSR count). The highest BCUT2D eigenvalue weighted by Crippen LogP contribution is 2.40. The zero-order valence-corrected chi connectivity index (χ0v) is 16.6. The quantitative estimate of drug-likeness (QED) is 0.588. The number of rotatable bonds is 4. The van der Waals surface area contributed by atoms with E-state index in [9.17, 15) is 18.0 Å². The summed E-state index contributed by atoms with van der Waals surface area (Å²) in [6.07, 6.45) is -0.489. The van der Waals surface area contributed by atoms with Gasteiger partial charge in [0.15, 0.2) is 0 Å². The van der Waals surface area contributed by atoms with Crippen LogP contribution in [0.5, 0.6) is 5.75 Å². The minimum Gasteiger partial charge on any atom is -0.497 e. The smallest absolute Gasteiger partial charge is 0.410 e. The maximum Gasteiger partial charge on any atom is 0.410 e. The fourth-order valence-electron chi connectivity index (χ4n) is 3.74. The molecule has 160 valence electrons. The number of ether oxygens (including phenoxy) is 1. The summed E-state index contributed by atoms with van der Waals surface area (Å²) in [5.74, 6) is -0.125. The van der Waals surface area contributed by atoms with Gasteiger partial charge >= 0.3 is 6.18 Å². The lowest BCUT2D eigenvalue weighted by Gasteiger charge is -2.36. The van der Waals surface area contributed by atoms with Gasteiger partial charge < -0.3 is 9.64 Å². The number of fused-ring (bicyclic) bond motifs is 1. The first-order chi connectivity index (χ1) is 14.8. The van der Waals surface area contributed by atoms with Crippen molar-refractivity contribution >= 4 is 5.91 Å². The van der Waals surface area contributed by atoms with Crippen molar-refractivity contribution in [2.24, 2.45) is 0 Å². The molecule has 0 radical (unpaired) electrons. The number of carbonyl (C=O) groups excluding carboxylic acids is 1. The summed E-state index contributed by atoms with van der Waals surface area (Å²) in [6.45, 7) is 2.62. The fraction of sp³-hybridized carbons (Fsp3) is 0.227. The molecule has 1 aliphatic heterocycles. The Morgan fingerprint density at radius 2 is 1.84 bits per heavy atom. The second kappa shape index (κ2) is 7.90. The van der Waals surface area contributed by atoms with Gasteiger partial charge in [-0.2, -0.15) is 18.3 Å². The van der Waals surface area contributed by atoms with E-state index in [2.05, 4.69) is 16.7 Å². The maximum atomic E-state index is 13.7. The van der Waals surface area contributed by atoms with Gasteiger partial charge in [-0.3, -0.25) is 14.5 Å². The molecule has 0 saturated heterocycles. The van der Waals surface area contributed by atoms with Crippen molar-refractivity contribution in [2.45, 2.75) is 25.3 Å². The molecule has 1 amide bonds. The van der Waals surface area contributed by atoms with Gasteiger partial charge in [-0.15, -0.1) is 0 Å². The number of aromatic nitrogens is 3. The van der Waals surface area contributed by atoms with Crippen LogP contribution in [0.4, 0.5) is 13.2 Å². The predicted octanol–water partition coefficient (Wildman–Crippen LogP) is 4.08. The van der Waals surface area contributed by atoms with Crippen molar-refractivity contribution in [3.63, 3.8) is 0 Å². The summed E-state index contributed by atoms with van der Waals surface area (Å²) < 4.78 is 47.7. The van der Waals surface area contributed by atoms with Crippen LogP contribution in [-0.2, 0) is 17.9 Å². The first-order valence-corrected chi connectivity index (χ1v) is 9.47. The summed E-state index contributed by atoms with van der Waals surface area (Å²) >= 11 is 0. The summed E-state index contributed by atoms with van der Waals surface area (Å²) in [4.78, 5) is 17.1. The topological polar surface area (TPSA) is 60.3 Å². The molecule has 1 aliphatic rings. The molecule has 3 heterocycles. The normalized spacial score (nSPS) is 16.0. The van der Waals surface area contributed by atoms with Gasteiger partial charge in [-0.1, -0.05) is 6.58 Å². The van der Waals surface area contributed by atoms with Crippen LogP contribution >= 0.6 is 0 Å². The van der Waals surface area contributed by atoms with Crippen molar-refractivity contribution < 1.29 is 22.7 Å². The molecule has 0 bridgehead atoms. The van der Waals surface area contributed by atoms with Crippen molar-refractivity contribution in [1.29, 1.82) is 0 Å². The van der Waals surface area contributed by atoms with Crippen LogP contribution in [0.15, 0.2) is 61.4 Å². The second-order valence-corrected chi connectivity index (χ2v) is 7.04. The number of benzene rings is 1. The molecule has 2 aromatic heterocycles. The van der Waals surface area contributed by atoms with Gasteiger partial charge in [0.05, 0.1) is 25.9 Å². The highest BCUT2D eigenvalue weighted by molar-refractivity contribution is 5.88. The van der Waals surface area contributed by atoms with Crippen molar-refractivity contribution in [2.75, 3.05) is 7.11 Å². The average molecular weight is 428 g/mol. The van der Waals surface area contributed by atoms with Crippen LogP contribution in [0.2, 0.25) is 0 Å². The Balaban J connectivity index is 1.90. The number of amides is 1. The molecule has 6 nitrogen and oxygen atoms in total. The van der Waals surface area contributed by atoms with E-state index in [1.54, 1.807) is 55.9 Å². The average Bonchev–Trinajstić information content (AvgIpc) is 3.16. The number of halogens is 3. The molecule has 1 unspecified atom stereocenters. The first kappa shape index (κ1) is 20.6. The van der Waals surface area contributed by atoms with Gasteiger partial charge in [0.1, 0.15) is 17.5 Å². The Hall–Kier alpha value is -3.62. The number of hydrogen-bond acceptors (Lipinski definition) is 4. The van der Waals surface area contributed by atoms with Crippen LogP contribution in [0.1, 0.15) is 5.69 Å². The molecule has 3 aromatic rings. The predicted molar refractivity (Wildman–Crippen MR) is 108 cm³/mol. The number of pyridine rings is 1. The molecular weight excluding hydrogens is 409 g/mol. The van der Waals surface area contributed by atoms with E-state index in [-0.39, 0.29) is 6.54 Å². The summed E-state index contributed by atoms with van der Waals surface area (Å²) in [5, 5.41) is 4.53. The molecule has 1 atom stereocenters. The minimum absolute atomic E-state index is 0.240. The molecule has 0 fully saturated rings. The number of methoxy groups -OCH3 is 1. The van der Waals surface area contributed by atoms with E-state index >= 15 is 0 Å². The molecule has 1 aromatic carbocycles. The van der Waals surface area contributed by atoms with Crippen LogP contribution in [0.25, 0.3) is 22.4 Å². The molecule has 31 heavy (non-hydrogen) atoms. The third-order valence-electron chi connectivity index (χ3n) is 5.27. The van der Waals surface area contributed by atoms with Gasteiger partial charge in [0.2, 0.25) is 5.91 Å². The van der Waals surface area contributed by atoms with Gasteiger partial charge in [-0.25, -0.2) is 0 Å². The van der Waals surface area contributed by atoms with E-state index in [1.807, 2.05) is 0 Å². The van der Waals surface area contributed by atoms with Crippen molar-refractivity contribution in [1.82, 2.24) is 19.7 Å². The zero-order valence-electron chi connectivity index (χ0n) is 16.6. The Morgan fingerprint density at radius 3 is 2.42 bits per heavy atom. The standard InChI is InChI=1S/C22H19F3N4O2/c1-3-19(30)28-12-17-20(14-8-10-26-11-9-14)21(15-4-6-16(31-2)7-5-15)27-29(17)13-18(28)22(23,24)25/h3-11,18H,1,12-13H2,2H3. The zero-order chi connectivity index (χ0) is 22.2.